The number of nitriles is 2. The predicted octanol–water partition coefficient (Wildman–Crippen LogP) is 4.06. The predicted molar refractivity (Wildman–Crippen MR) is 111 cm³/mol. The van der Waals surface area contributed by atoms with E-state index in [0.717, 1.165) is 22.4 Å². The van der Waals surface area contributed by atoms with Gasteiger partial charge in [-0.25, -0.2) is 4.39 Å². The Morgan fingerprint density at radius 3 is 2.68 bits per heavy atom. The van der Waals surface area contributed by atoms with Crippen LogP contribution in [0.2, 0.25) is 5.02 Å². The molecule has 0 fully saturated rings. The van der Waals surface area contributed by atoms with Crippen molar-refractivity contribution in [2.75, 3.05) is 7.05 Å². The first-order valence-corrected chi connectivity index (χ1v) is 9.18. The van der Waals surface area contributed by atoms with Crippen molar-refractivity contribution >= 4 is 34.0 Å². The lowest BCUT2D eigenvalue weighted by Gasteiger charge is -2.18. The number of phenols is 1. The van der Waals surface area contributed by atoms with Gasteiger partial charge in [-0.05, 0) is 35.7 Å². The van der Waals surface area contributed by atoms with Crippen LogP contribution in [0.15, 0.2) is 48.3 Å². The van der Waals surface area contributed by atoms with Gasteiger partial charge in [0.2, 0.25) is 0 Å². The first-order chi connectivity index (χ1) is 14.8. The third-order valence-electron chi connectivity index (χ3n) is 4.58. The lowest BCUT2D eigenvalue weighted by Crippen LogP contribution is -2.28. The molecule has 9 heteroatoms. The van der Waals surface area contributed by atoms with Crippen LogP contribution in [0, 0.1) is 28.5 Å². The quantitative estimate of drug-likeness (QED) is 0.361. The van der Waals surface area contributed by atoms with E-state index in [4.69, 9.17) is 16.9 Å². The number of amides is 1. The van der Waals surface area contributed by atoms with E-state index in [1.54, 1.807) is 30.5 Å². The molecule has 31 heavy (non-hydrogen) atoms. The van der Waals surface area contributed by atoms with E-state index in [1.165, 1.54) is 19.3 Å². The Labute approximate surface area is 181 Å². The fourth-order valence-electron chi connectivity index (χ4n) is 2.96. The average molecular weight is 437 g/mol. The summed E-state index contributed by atoms with van der Waals surface area (Å²) in [5.41, 5.74) is -0.744. The molecule has 0 saturated heterocycles. The molecule has 0 aliphatic rings. The van der Waals surface area contributed by atoms with Crippen molar-refractivity contribution in [3.05, 3.63) is 75.8 Å². The number of rotatable bonds is 4. The number of carbonyl (C=O) groups is 1. The van der Waals surface area contributed by atoms with Gasteiger partial charge in [0.05, 0.1) is 10.6 Å². The summed E-state index contributed by atoms with van der Waals surface area (Å²) >= 11 is 5.85. The first-order valence-electron chi connectivity index (χ1n) is 8.80. The lowest BCUT2D eigenvalue weighted by atomic mass is 10.0. The Morgan fingerprint density at radius 1 is 1.26 bits per heavy atom. The number of likely N-dealkylation sites (N-methyl/N-ethyl adjacent to an activating group) is 1. The van der Waals surface area contributed by atoms with Crippen LogP contribution in [0.25, 0.3) is 16.5 Å². The molecular weight excluding hydrogens is 423 g/mol. The van der Waals surface area contributed by atoms with E-state index in [0.29, 0.717) is 5.39 Å². The number of aromatic hydroxyl groups is 1. The average Bonchev–Trinajstić information content (AvgIpc) is 2.76. The SMILES string of the molecule is CN(Cc1cc2ccncc2cc1F)C(=O)/C(C#N)=C(\O)c1cc(Cl)c(O)c(C#N)c1. The van der Waals surface area contributed by atoms with Gasteiger partial charge >= 0.3 is 0 Å². The third-order valence-corrected chi connectivity index (χ3v) is 4.87. The number of pyridine rings is 1. The number of hydrogen-bond donors (Lipinski definition) is 2. The highest BCUT2D eigenvalue weighted by Gasteiger charge is 2.23. The summed E-state index contributed by atoms with van der Waals surface area (Å²) in [6, 6.07) is 10.1. The highest BCUT2D eigenvalue weighted by Crippen LogP contribution is 2.31. The van der Waals surface area contributed by atoms with Crippen molar-refractivity contribution < 1.29 is 19.4 Å². The highest BCUT2D eigenvalue weighted by atomic mass is 35.5. The highest BCUT2D eigenvalue weighted by molar-refractivity contribution is 6.32. The molecule has 0 spiro atoms. The van der Waals surface area contributed by atoms with Crippen LogP contribution in [-0.2, 0) is 11.3 Å². The summed E-state index contributed by atoms with van der Waals surface area (Å²) in [5, 5.41) is 39.8. The van der Waals surface area contributed by atoms with Crippen LogP contribution in [-0.4, -0.2) is 33.1 Å². The van der Waals surface area contributed by atoms with Crippen molar-refractivity contribution in [3.63, 3.8) is 0 Å². The Hall–Kier alpha value is -4.14. The number of benzene rings is 2. The number of aliphatic hydroxyl groups is 1. The Kier molecular flexibility index (Phi) is 6.05. The van der Waals surface area contributed by atoms with E-state index in [2.05, 4.69) is 4.98 Å². The standard InChI is InChI=1S/C22H14ClFN4O3/c1-28(11-16-4-12-2-3-27-10-15(12)7-19(16)24)22(31)17(9-26)20(29)13-5-14(8-25)21(30)18(23)6-13/h2-7,10,29-30H,11H2,1H3/b20-17-. The zero-order valence-corrected chi connectivity index (χ0v) is 16.9. The molecule has 0 bridgehead atoms. The molecule has 0 radical (unpaired) electrons. The van der Waals surface area contributed by atoms with Crippen LogP contribution in [0.5, 0.6) is 5.75 Å². The maximum absolute atomic E-state index is 14.5. The minimum absolute atomic E-state index is 0.0953. The van der Waals surface area contributed by atoms with Crippen LogP contribution in [0.3, 0.4) is 0 Å². The minimum Gasteiger partial charge on any atom is -0.506 e. The molecule has 7 nitrogen and oxygen atoms in total. The van der Waals surface area contributed by atoms with Crippen molar-refractivity contribution in [2.45, 2.75) is 6.54 Å². The molecule has 0 aliphatic carbocycles. The summed E-state index contributed by atoms with van der Waals surface area (Å²) < 4.78 is 14.5. The fraction of sp³-hybridized carbons (Fsp3) is 0.0909. The van der Waals surface area contributed by atoms with Crippen molar-refractivity contribution in [2.24, 2.45) is 0 Å². The van der Waals surface area contributed by atoms with Gasteiger partial charge in [0.25, 0.3) is 5.91 Å². The molecule has 154 valence electrons. The van der Waals surface area contributed by atoms with Gasteiger partial charge in [0.1, 0.15) is 23.7 Å². The van der Waals surface area contributed by atoms with E-state index >= 15 is 0 Å². The molecule has 2 aromatic carbocycles. The number of nitrogens with zero attached hydrogens (tertiary/aromatic N) is 4. The molecule has 1 amide bonds. The van der Waals surface area contributed by atoms with E-state index in [9.17, 15) is 24.7 Å². The number of aromatic nitrogens is 1. The number of fused-ring (bicyclic) bond motifs is 1. The van der Waals surface area contributed by atoms with Gasteiger partial charge in [-0.2, -0.15) is 10.5 Å². The number of hydrogen-bond acceptors (Lipinski definition) is 6. The summed E-state index contributed by atoms with van der Waals surface area (Å²) in [4.78, 5) is 17.8. The van der Waals surface area contributed by atoms with Gasteiger partial charge in [-0.3, -0.25) is 9.78 Å². The third kappa shape index (κ3) is 4.25. The van der Waals surface area contributed by atoms with E-state index in [1.807, 2.05) is 0 Å². The van der Waals surface area contributed by atoms with Crippen molar-refractivity contribution in [1.82, 2.24) is 9.88 Å². The van der Waals surface area contributed by atoms with Crippen LogP contribution < -0.4 is 0 Å². The molecule has 0 saturated carbocycles. The number of aliphatic hydroxyl groups excluding tert-OH is 1. The summed E-state index contributed by atoms with van der Waals surface area (Å²) in [7, 11) is 1.35. The molecular formula is C22H14ClFN4O3. The molecule has 1 heterocycles. The Balaban J connectivity index is 1.95. The topological polar surface area (TPSA) is 121 Å². The van der Waals surface area contributed by atoms with Gasteiger partial charge < -0.3 is 15.1 Å². The van der Waals surface area contributed by atoms with E-state index in [-0.39, 0.29) is 28.3 Å². The molecule has 3 rings (SSSR count). The Bertz CT molecular complexity index is 1320. The molecule has 3 aromatic rings. The smallest absolute Gasteiger partial charge is 0.268 e. The molecule has 1 aromatic heterocycles. The van der Waals surface area contributed by atoms with Gasteiger partial charge in [0.15, 0.2) is 11.3 Å². The normalized spacial score (nSPS) is 11.4. The summed E-state index contributed by atoms with van der Waals surface area (Å²) in [6.07, 6.45) is 3.08. The summed E-state index contributed by atoms with van der Waals surface area (Å²) in [6.45, 7) is -0.166. The van der Waals surface area contributed by atoms with Gasteiger partial charge in [0, 0.05) is 42.5 Å². The second-order valence-corrected chi connectivity index (χ2v) is 7.04. The van der Waals surface area contributed by atoms with E-state index < -0.39 is 28.8 Å². The fourth-order valence-corrected chi connectivity index (χ4v) is 3.18. The van der Waals surface area contributed by atoms with Gasteiger partial charge in [-0.15, -0.1) is 0 Å². The van der Waals surface area contributed by atoms with Crippen molar-refractivity contribution in [1.29, 1.82) is 10.5 Å². The minimum atomic E-state index is -0.864. The van der Waals surface area contributed by atoms with Crippen LogP contribution in [0.1, 0.15) is 16.7 Å². The molecule has 0 unspecified atom stereocenters. The second-order valence-electron chi connectivity index (χ2n) is 6.63. The van der Waals surface area contributed by atoms with Gasteiger partial charge in [-0.1, -0.05) is 11.6 Å². The molecule has 0 atom stereocenters. The maximum atomic E-state index is 14.5. The number of halogens is 2. The van der Waals surface area contributed by atoms with Crippen molar-refractivity contribution in [3.8, 4) is 17.9 Å². The summed E-state index contributed by atoms with van der Waals surface area (Å²) in [5.74, 6) is -2.61. The molecule has 0 aliphatic heterocycles. The number of phenolic OH excluding ortho intramolecular Hbond substituents is 1. The second kappa shape index (κ2) is 8.70. The zero-order valence-electron chi connectivity index (χ0n) is 16.1. The Morgan fingerprint density at radius 2 is 2.00 bits per heavy atom. The van der Waals surface area contributed by atoms with Crippen LogP contribution >= 0.6 is 11.6 Å². The van der Waals surface area contributed by atoms with Crippen LogP contribution in [0.4, 0.5) is 4.39 Å². The maximum Gasteiger partial charge on any atom is 0.268 e. The molecule has 2 N–H and O–H groups in total. The largest absolute Gasteiger partial charge is 0.506 e. The zero-order chi connectivity index (χ0) is 22.7. The first kappa shape index (κ1) is 21.6. The number of carbonyl (C=O) groups excluding carboxylic acids is 1. The monoisotopic (exact) mass is 436 g/mol. The lowest BCUT2D eigenvalue weighted by molar-refractivity contribution is -0.126.